The van der Waals surface area contributed by atoms with E-state index >= 15 is 0 Å². The normalized spacial score (nSPS) is 11.6. The molecule has 0 aliphatic heterocycles. The molecular formula is C22H21ClN2O4S. The molecule has 6 nitrogen and oxygen atoms in total. The molecule has 0 fully saturated rings. The van der Waals surface area contributed by atoms with Gasteiger partial charge in [0.1, 0.15) is 12.4 Å². The average molecular weight is 445 g/mol. The van der Waals surface area contributed by atoms with Crippen LogP contribution in [-0.2, 0) is 16.1 Å². The Kier molecular flexibility index (Phi) is 7.07. The van der Waals surface area contributed by atoms with E-state index in [9.17, 15) is 9.59 Å². The first-order valence-electron chi connectivity index (χ1n) is 9.23. The van der Waals surface area contributed by atoms with Gasteiger partial charge in [-0.25, -0.2) is 9.78 Å². The monoisotopic (exact) mass is 444 g/mol. The van der Waals surface area contributed by atoms with Crippen LogP contribution in [0.15, 0.2) is 47.8 Å². The predicted octanol–water partition coefficient (Wildman–Crippen LogP) is 5.18. The smallest absolute Gasteiger partial charge is 0.339 e. The molecule has 0 radical (unpaired) electrons. The number of amides is 1. The number of aromatic nitrogens is 1. The van der Waals surface area contributed by atoms with Crippen molar-refractivity contribution in [3.63, 3.8) is 0 Å². The number of ether oxygens (including phenoxy) is 2. The van der Waals surface area contributed by atoms with Gasteiger partial charge in [-0.1, -0.05) is 23.7 Å². The van der Waals surface area contributed by atoms with Gasteiger partial charge in [-0.05, 0) is 56.7 Å². The van der Waals surface area contributed by atoms with Gasteiger partial charge in [0.25, 0.3) is 5.91 Å². The molecule has 1 amide bonds. The fourth-order valence-electron chi connectivity index (χ4n) is 2.59. The minimum atomic E-state index is -0.988. The van der Waals surface area contributed by atoms with Gasteiger partial charge in [0.2, 0.25) is 0 Å². The number of rotatable bonds is 7. The van der Waals surface area contributed by atoms with Crippen LogP contribution in [0.3, 0.4) is 0 Å². The zero-order valence-electron chi connectivity index (χ0n) is 16.8. The van der Waals surface area contributed by atoms with E-state index in [1.165, 1.54) is 6.92 Å². The molecule has 0 aliphatic carbocycles. The fourth-order valence-corrected chi connectivity index (χ4v) is 3.36. The maximum atomic E-state index is 12.5. The van der Waals surface area contributed by atoms with Gasteiger partial charge in [0.05, 0.1) is 16.3 Å². The molecule has 1 heterocycles. The van der Waals surface area contributed by atoms with Crippen LogP contribution in [0.2, 0.25) is 5.02 Å². The molecule has 0 saturated heterocycles. The lowest BCUT2D eigenvalue weighted by molar-refractivity contribution is -0.123. The maximum absolute atomic E-state index is 12.5. The maximum Gasteiger partial charge on any atom is 0.339 e. The standard InChI is InChI=1S/C22H21ClN2O4S/c1-13-7-8-17(23)10-20(13)25-21(26)14(2)29-22(27)16-5-4-6-19(9-16)28-11-18-12-30-15(3)24-18/h4-10,12,14H,11H2,1-3H3,(H,25,26). The Labute approximate surface area is 183 Å². The molecule has 3 rings (SSSR count). The molecule has 8 heteroatoms. The number of hydrogen-bond donors (Lipinski definition) is 1. The highest BCUT2D eigenvalue weighted by molar-refractivity contribution is 7.09. The number of esters is 1. The quantitative estimate of drug-likeness (QED) is 0.508. The largest absolute Gasteiger partial charge is 0.487 e. The van der Waals surface area contributed by atoms with E-state index < -0.39 is 18.0 Å². The molecule has 3 aromatic rings. The van der Waals surface area contributed by atoms with E-state index in [0.717, 1.165) is 16.3 Å². The van der Waals surface area contributed by atoms with Crippen molar-refractivity contribution in [3.8, 4) is 5.75 Å². The van der Waals surface area contributed by atoms with Crippen LogP contribution < -0.4 is 10.1 Å². The minimum absolute atomic E-state index is 0.292. The third kappa shape index (κ3) is 5.81. The van der Waals surface area contributed by atoms with Gasteiger partial charge in [-0.2, -0.15) is 0 Å². The summed E-state index contributed by atoms with van der Waals surface area (Å²) in [5.41, 5.74) is 2.54. The number of hydrogen-bond acceptors (Lipinski definition) is 6. The number of nitrogens with one attached hydrogen (secondary N) is 1. The number of nitrogens with zero attached hydrogens (tertiary/aromatic N) is 1. The zero-order valence-corrected chi connectivity index (χ0v) is 18.3. The fraction of sp³-hybridized carbons (Fsp3) is 0.227. The first kappa shape index (κ1) is 21.8. The van der Waals surface area contributed by atoms with Crippen molar-refractivity contribution in [3.05, 3.63) is 74.7 Å². The van der Waals surface area contributed by atoms with Crippen LogP contribution in [0.5, 0.6) is 5.75 Å². The van der Waals surface area contributed by atoms with Crippen LogP contribution in [0.4, 0.5) is 5.69 Å². The molecule has 2 aromatic carbocycles. The van der Waals surface area contributed by atoms with Crippen LogP contribution in [0, 0.1) is 13.8 Å². The van der Waals surface area contributed by atoms with Gasteiger partial charge >= 0.3 is 5.97 Å². The zero-order chi connectivity index (χ0) is 21.7. The lowest BCUT2D eigenvalue weighted by atomic mass is 10.2. The lowest BCUT2D eigenvalue weighted by Gasteiger charge is -2.15. The summed E-state index contributed by atoms with van der Waals surface area (Å²) >= 11 is 7.52. The molecule has 0 saturated carbocycles. The van der Waals surface area contributed by atoms with Crippen molar-refractivity contribution in [2.24, 2.45) is 0 Å². The first-order valence-corrected chi connectivity index (χ1v) is 10.5. The van der Waals surface area contributed by atoms with E-state index in [1.807, 2.05) is 19.2 Å². The van der Waals surface area contributed by atoms with Crippen molar-refractivity contribution in [2.45, 2.75) is 33.5 Å². The number of thiazole rings is 1. The molecule has 0 aliphatic rings. The summed E-state index contributed by atoms with van der Waals surface area (Å²) in [6.07, 6.45) is -0.988. The second kappa shape index (κ2) is 9.73. The highest BCUT2D eigenvalue weighted by atomic mass is 35.5. The SMILES string of the molecule is Cc1nc(COc2cccc(C(=O)OC(C)C(=O)Nc3cc(Cl)ccc3C)c2)cs1. The highest BCUT2D eigenvalue weighted by Crippen LogP contribution is 2.21. The summed E-state index contributed by atoms with van der Waals surface area (Å²) in [4.78, 5) is 29.2. The number of carbonyl (C=O) groups is 2. The van der Waals surface area contributed by atoms with Gasteiger partial charge < -0.3 is 14.8 Å². The number of carbonyl (C=O) groups excluding carboxylic acids is 2. The highest BCUT2D eigenvalue weighted by Gasteiger charge is 2.20. The van der Waals surface area contributed by atoms with Crippen molar-refractivity contribution < 1.29 is 19.1 Å². The van der Waals surface area contributed by atoms with Crippen LogP contribution in [-0.4, -0.2) is 23.0 Å². The Morgan fingerprint density at radius 1 is 1.20 bits per heavy atom. The Hall–Kier alpha value is -2.90. The summed E-state index contributed by atoms with van der Waals surface area (Å²) < 4.78 is 11.0. The minimum Gasteiger partial charge on any atom is -0.487 e. The lowest BCUT2D eigenvalue weighted by Crippen LogP contribution is -2.30. The Balaban J connectivity index is 1.59. The topological polar surface area (TPSA) is 77.5 Å². The molecule has 0 spiro atoms. The molecule has 1 N–H and O–H groups in total. The van der Waals surface area contributed by atoms with Crippen LogP contribution >= 0.6 is 22.9 Å². The van der Waals surface area contributed by atoms with Crippen LogP contribution in [0.1, 0.15) is 33.5 Å². The molecular weight excluding hydrogens is 424 g/mol. The van der Waals surface area contributed by atoms with Crippen molar-refractivity contribution in [1.29, 1.82) is 0 Å². The van der Waals surface area contributed by atoms with E-state index in [0.29, 0.717) is 28.6 Å². The second-order valence-electron chi connectivity index (χ2n) is 6.67. The van der Waals surface area contributed by atoms with E-state index in [-0.39, 0.29) is 0 Å². The summed E-state index contributed by atoms with van der Waals surface area (Å²) in [6.45, 7) is 5.59. The van der Waals surface area contributed by atoms with Gasteiger partial charge in [0.15, 0.2) is 6.10 Å². The van der Waals surface area contributed by atoms with Crippen LogP contribution in [0.25, 0.3) is 0 Å². The number of benzene rings is 2. The molecule has 156 valence electrons. The van der Waals surface area contributed by atoms with E-state index in [4.69, 9.17) is 21.1 Å². The van der Waals surface area contributed by atoms with Gasteiger partial charge in [-0.15, -0.1) is 11.3 Å². The third-order valence-corrected chi connectivity index (χ3v) is 5.29. The molecule has 1 unspecified atom stereocenters. The van der Waals surface area contributed by atoms with Gasteiger partial charge in [-0.3, -0.25) is 4.79 Å². The molecule has 30 heavy (non-hydrogen) atoms. The molecule has 1 atom stereocenters. The Bertz CT molecular complexity index is 1070. The number of anilines is 1. The summed E-state index contributed by atoms with van der Waals surface area (Å²) in [7, 11) is 0. The first-order chi connectivity index (χ1) is 14.3. The van der Waals surface area contributed by atoms with Gasteiger partial charge in [0, 0.05) is 16.1 Å². The summed E-state index contributed by atoms with van der Waals surface area (Å²) in [6, 6.07) is 11.8. The summed E-state index contributed by atoms with van der Waals surface area (Å²) in [5.74, 6) is -0.544. The Morgan fingerprint density at radius 2 is 2.00 bits per heavy atom. The number of aryl methyl sites for hydroxylation is 2. The Morgan fingerprint density at radius 3 is 2.73 bits per heavy atom. The van der Waals surface area contributed by atoms with E-state index in [2.05, 4.69) is 10.3 Å². The predicted molar refractivity (Wildman–Crippen MR) is 117 cm³/mol. The molecule has 0 bridgehead atoms. The van der Waals surface area contributed by atoms with Crippen molar-refractivity contribution in [2.75, 3.05) is 5.32 Å². The van der Waals surface area contributed by atoms with E-state index in [1.54, 1.807) is 53.8 Å². The average Bonchev–Trinajstić information content (AvgIpc) is 3.14. The second-order valence-corrected chi connectivity index (χ2v) is 8.17. The number of halogens is 1. The summed E-state index contributed by atoms with van der Waals surface area (Å²) in [5, 5.41) is 6.12. The van der Waals surface area contributed by atoms with Crippen molar-refractivity contribution >= 4 is 40.5 Å². The third-order valence-electron chi connectivity index (χ3n) is 4.23. The molecule has 1 aromatic heterocycles. The van der Waals surface area contributed by atoms with Crippen molar-refractivity contribution in [1.82, 2.24) is 4.98 Å².